The molecule has 4 heteroatoms. The number of hydrogen-bond donors (Lipinski definition) is 2. The van der Waals surface area contributed by atoms with Gasteiger partial charge in [0, 0.05) is 0 Å². The van der Waals surface area contributed by atoms with Gasteiger partial charge in [-0.15, -0.1) is 0 Å². The van der Waals surface area contributed by atoms with Crippen molar-refractivity contribution < 1.29 is 14.4 Å². The second kappa shape index (κ2) is 9.05. The molecule has 144 valence electrons. The number of benzene rings is 2. The predicted octanol–water partition coefficient (Wildman–Crippen LogP) is 2.87. The standard InChI is InChI=1S/C23H30N2O2/c1-17-9-10-22(27-3)21(15-17)24-23(26)18(2)25-13-11-20(12-14-25)16-19-7-5-4-6-8-19/h4-10,15,18,20H,11-14,16H2,1-3H3,(H,24,26)/p+1/t18-/m0/s1. The molecule has 3 rings (SSSR count). The van der Waals surface area contributed by atoms with Gasteiger partial charge in [0.2, 0.25) is 0 Å². The smallest absolute Gasteiger partial charge is 0.282 e. The lowest BCUT2D eigenvalue weighted by Crippen LogP contribution is -3.17. The Morgan fingerprint density at radius 3 is 2.56 bits per heavy atom. The van der Waals surface area contributed by atoms with Crippen molar-refractivity contribution in [3.63, 3.8) is 0 Å². The maximum atomic E-state index is 12.8. The Labute approximate surface area is 162 Å². The Morgan fingerprint density at radius 2 is 1.89 bits per heavy atom. The fraction of sp³-hybridized carbons (Fsp3) is 0.435. The van der Waals surface area contributed by atoms with Gasteiger partial charge < -0.3 is 15.0 Å². The van der Waals surface area contributed by atoms with Gasteiger partial charge >= 0.3 is 0 Å². The molecule has 1 saturated heterocycles. The van der Waals surface area contributed by atoms with Crippen LogP contribution < -0.4 is 15.0 Å². The number of anilines is 1. The van der Waals surface area contributed by atoms with Gasteiger partial charge in [0.1, 0.15) is 5.75 Å². The van der Waals surface area contributed by atoms with Gasteiger partial charge in [-0.2, -0.15) is 0 Å². The maximum Gasteiger partial charge on any atom is 0.282 e. The summed E-state index contributed by atoms with van der Waals surface area (Å²) < 4.78 is 5.38. The van der Waals surface area contributed by atoms with E-state index in [1.807, 2.05) is 32.0 Å². The number of carbonyl (C=O) groups is 1. The molecule has 0 spiro atoms. The molecule has 4 nitrogen and oxygen atoms in total. The highest BCUT2D eigenvalue weighted by Crippen LogP contribution is 2.25. The molecule has 0 bridgehead atoms. The molecule has 0 radical (unpaired) electrons. The number of likely N-dealkylation sites (tertiary alicyclic amines) is 1. The minimum Gasteiger partial charge on any atom is -0.495 e. The minimum absolute atomic E-state index is 0.0621. The SMILES string of the molecule is COc1ccc(C)cc1NC(=O)[C@H](C)[NH+]1CCC(Cc2ccccc2)CC1. The molecular formula is C23H31N2O2+. The monoisotopic (exact) mass is 367 g/mol. The third-order valence-corrected chi connectivity index (χ3v) is 5.73. The van der Waals surface area contributed by atoms with Crippen molar-refractivity contribution in [1.82, 2.24) is 0 Å². The second-order valence-corrected chi connectivity index (χ2v) is 7.71. The third kappa shape index (κ3) is 5.10. The molecule has 1 fully saturated rings. The zero-order valence-corrected chi connectivity index (χ0v) is 16.6. The van der Waals surface area contributed by atoms with Crippen molar-refractivity contribution >= 4 is 11.6 Å². The summed E-state index contributed by atoms with van der Waals surface area (Å²) in [6, 6.07) is 16.5. The summed E-state index contributed by atoms with van der Waals surface area (Å²) in [4.78, 5) is 14.2. The average molecular weight is 368 g/mol. The van der Waals surface area contributed by atoms with E-state index < -0.39 is 0 Å². The second-order valence-electron chi connectivity index (χ2n) is 7.71. The van der Waals surface area contributed by atoms with Crippen molar-refractivity contribution in [2.24, 2.45) is 5.92 Å². The predicted molar refractivity (Wildman–Crippen MR) is 109 cm³/mol. The van der Waals surface area contributed by atoms with E-state index >= 15 is 0 Å². The lowest BCUT2D eigenvalue weighted by Gasteiger charge is -2.32. The van der Waals surface area contributed by atoms with Crippen LogP contribution in [0.2, 0.25) is 0 Å². The first kappa shape index (κ1) is 19.4. The normalized spacial score (nSPS) is 20.7. The highest BCUT2D eigenvalue weighted by Gasteiger charge is 2.30. The van der Waals surface area contributed by atoms with Crippen LogP contribution in [-0.2, 0) is 11.2 Å². The van der Waals surface area contributed by atoms with Crippen LogP contribution in [0.25, 0.3) is 0 Å². The number of amides is 1. The first-order valence-electron chi connectivity index (χ1n) is 9.91. The third-order valence-electron chi connectivity index (χ3n) is 5.73. The number of aryl methyl sites for hydroxylation is 1. The van der Waals surface area contributed by atoms with Gasteiger partial charge in [-0.1, -0.05) is 36.4 Å². The fourth-order valence-electron chi connectivity index (χ4n) is 3.98. The molecule has 27 heavy (non-hydrogen) atoms. The number of carbonyl (C=O) groups excluding carboxylic acids is 1. The van der Waals surface area contributed by atoms with E-state index in [2.05, 4.69) is 35.6 Å². The van der Waals surface area contributed by atoms with Crippen LogP contribution in [0.3, 0.4) is 0 Å². The quantitative estimate of drug-likeness (QED) is 0.824. The molecule has 2 aromatic rings. The number of methoxy groups -OCH3 is 1. The van der Waals surface area contributed by atoms with Crippen molar-refractivity contribution in [3.8, 4) is 5.75 Å². The number of rotatable bonds is 6. The van der Waals surface area contributed by atoms with E-state index in [0.717, 1.165) is 36.7 Å². The molecule has 1 aliphatic rings. The Morgan fingerprint density at radius 1 is 1.19 bits per heavy atom. The van der Waals surface area contributed by atoms with Crippen LogP contribution in [-0.4, -0.2) is 32.1 Å². The van der Waals surface area contributed by atoms with Crippen LogP contribution in [0.5, 0.6) is 5.75 Å². The summed E-state index contributed by atoms with van der Waals surface area (Å²) in [5.74, 6) is 1.50. The van der Waals surface area contributed by atoms with Gasteiger partial charge in [-0.3, -0.25) is 4.79 Å². The Kier molecular flexibility index (Phi) is 6.51. The van der Waals surface area contributed by atoms with E-state index in [9.17, 15) is 4.79 Å². The van der Waals surface area contributed by atoms with E-state index in [1.165, 1.54) is 23.3 Å². The molecule has 1 heterocycles. The maximum absolute atomic E-state index is 12.8. The Hall–Kier alpha value is -2.33. The van der Waals surface area contributed by atoms with E-state index in [0.29, 0.717) is 5.75 Å². The Balaban J connectivity index is 1.53. The summed E-state index contributed by atoms with van der Waals surface area (Å²) in [5.41, 5.74) is 3.28. The van der Waals surface area contributed by atoms with Crippen molar-refractivity contribution in [2.75, 3.05) is 25.5 Å². The van der Waals surface area contributed by atoms with Gasteiger partial charge in [0.25, 0.3) is 5.91 Å². The summed E-state index contributed by atoms with van der Waals surface area (Å²) in [7, 11) is 1.63. The molecule has 0 unspecified atom stereocenters. The van der Waals surface area contributed by atoms with Crippen LogP contribution in [0.4, 0.5) is 5.69 Å². The molecule has 2 aromatic carbocycles. The van der Waals surface area contributed by atoms with E-state index in [4.69, 9.17) is 4.74 Å². The van der Waals surface area contributed by atoms with E-state index in [1.54, 1.807) is 7.11 Å². The number of piperidine rings is 1. The van der Waals surface area contributed by atoms with Crippen molar-refractivity contribution in [2.45, 2.75) is 39.2 Å². The molecule has 1 aliphatic heterocycles. The summed E-state index contributed by atoms with van der Waals surface area (Å²) in [6.45, 7) is 6.15. The van der Waals surface area contributed by atoms with Crippen LogP contribution in [0.1, 0.15) is 30.9 Å². The minimum atomic E-state index is -0.0621. The summed E-state index contributed by atoms with van der Waals surface area (Å²) >= 11 is 0. The molecule has 1 atom stereocenters. The molecule has 0 aromatic heterocycles. The number of ether oxygens (including phenoxy) is 1. The molecular weight excluding hydrogens is 336 g/mol. The number of quaternary nitrogens is 1. The molecule has 1 amide bonds. The topological polar surface area (TPSA) is 42.8 Å². The number of hydrogen-bond acceptors (Lipinski definition) is 2. The number of nitrogens with one attached hydrogen (secondary N) is 2. The molecule has 0 saturated carbocycles. The zero-order chi connectivity index (χ0) is 19.2. The van der Waals surface area contributed by atoms with Gasteiger partial charge in [-0.25, -0.2) is 0 Å². The lowest BCUT2D eigenvalue weighted by atomic mass is 9.89. The van der Waals surface area contributed by atoms with Crippen LogP contribution in [0.15, 0.2) is 48.5 Å². The summed E-state index contributed by atoms with van der Waals surface area (Å²) in [6.07, 6.45) is 3.50. The summed E-state index contributed by atoms with van der Waals surface area (Å²) in [5, 5.41) is 3.07. The molecule has 0 aliphatic carbocycles. The van der Waals surface area contributed by atoms with Crippen molar-refractivity contribution in [3.05, 3.63) is 59.7 Å². The highest BCUT2D eigenvalue weighted by atomic mass is 16.5. The van der Waals surface area contributed by atoms with Gasteiger partial charge in [0.15, 0.2) is 6.04 Å². The Bertz CT molecular complexity index is 752. The first-order valence-corrected chi connectivity index (χ1v) is 9.91. The van der Waals surface area contributed by atoms with Crippen LogP contribution in [0, 0.1) is 12.8 Å². The van der Waals surface area contributed by atoms with Crippen LogP contribution >= 0.6 is 0 Å². The highest BCUT2D eigenvalue weighted by molar-refractivity contribution is 5.95. The van der Waals surface area contributed by atoms with Gasteiger partial charge in [0.05, 0.1) is 25.9 Å². The van der Waals surface area contributed by atoms with E-state index in [-0.39, 0.29) is 11.9 Å². The molecule has 2 N–H and O–H groups in total. The zero-order valence-electron chi connectivity index (χ0n) is 16.6. The lowest BCUT2D eigenvalue weighted by molar-refractivity contribution is -0.919. The average Bonchev–Trinajstić information content (AvgIpc) is 2.69. The van der Waals surface area contributed by atoms with Gasteiger partial charge in [-0.05, 0) is 62.3 Å². The van der Waals surface area contributed by atoms with Crippen molar-refractivity contribution in [1.29, 1.82) is 0 Å². The first-order chi connectivity index (χ1) is 13.1. The fourth-order valence-corrected chi connectivity index (χ4v) is 3.98. The largest absolute Gasteiger partial charge is 0.495 e.